The van der Waals surface area contributed by atoms with Crippen molar-refractivity contribution >= 4 is 34.4 Å². The fourth-order valence-electron chi connectivity index (χ4n) is 3.26. The van der Waals surface area contributed by atoms with Gasteiger partial charge in [-0.15, -0.1) is 0 Å². The Bertz CT molecular complexity index is 842. The van der Waals surface area contributed by atoms with Gasteiger partial charge in [-0.25, -0.2) is 4.79 Å². The Kier molecular flexibility index (Phi) is 5.25. The van der Waals surface area contributed by atoms with E-state index in [4.69, 9.17) is 9.52 Å². The summed E-state index contributed by atoms with van der Waals surface area (Å²) in [5.74, 6) is -1.53. The average Bonchev–Trinajstić information content (AvgIpc) is 3.06. The van der Waals surface area contributed by atoms with Gasteiger partial charge in [0, 0.05) is 30.6 Å². The Morgan fingerprint density at radius 1 is 1.31 bits per heavy atom. The number of rotatable bonds is 5. The first-order valence-electron chi connectivity index (χ1n) is 8.83. The van der Waals surface area contributed by atoms with E-state index in [1.54, 1.807) is 23.1 Å². The first-order chi connectivity index (χ1) is 12.5. The maximum atomic E-state index is 12.6. The zero-order valence-corrected chi connectivity index (χ0v) is 14.7. The average molecular weight is 358 g/mol. The lowest BCUT2D eigenvalue weighted by molar-refractivity contribution is -0.134. The van der Waals surface area contributed by atoms with Crippen molar-refractivity contribution in [1.82, 2.24) is 4.90 Å². The second-order valence-electron chi connectivity index (χ2n) is 6.59. The summed E-state index contributed by atoms with van der Waals surface area (Å²) < 4.78 is 5.21. The molecule has 1 unspecified atom stereocenters. The standard InChI is InChI=1S/C19H22N2O5/c1-2-4-17(22)21-8-3-5-12(11-21)18(23)20-14-6-7-15-13(9-14)10-16(26-15)19(24)25/h6-7,9-10,12H,2-5,8,11H2,1H3,(H,20,23)(H,24,25). The monoisotopic (exact) mass is 358 g/mol. The van der Waals surface area contributed by atoms with E-state index in [2.05, 4.69) is 5.32 Å². The molecule has 2 amide bonds. The van der Waals surface area contributed by atoms with Crippen LogP contribution in [0.5, 0.6) is 0 Å². The Morgan fingerprint density at radius 3 is 2.85 bits per heavy atom. The van der Waals surface area contributed by atoms with Crippen molar-refractivity contribution in [2.45, 2.75) is 32.6 Å². The number of aromatic carboxylic acids is 1. The predicted octanol–water partition coefficient (Wildman–Crippen LogP) is 3.11. The van der Waals surface area contributed by atoms with Crippen molar-refractivity contribution in [3.8, 4) is 0 Å². The van der Waals surface area contributed by atoms with Gasteiger partial charge in [0.05, 0.1) is 5.92 Å². The van der Waals surface area contributed by atoms with Crippen LogP contribution in [-0.4, -0.2) is 40.9 Å². The van der Waals surface area contributed by atoms with Gasteiger partial charge in [-0.2, -0.15) is 0 Å². The van der Waals surface area contributed by atoms with Gasteiger partial charge in [-0.05, 0) is 43.5 Å². The lowest BCUT2D eigenvalue weighted by Gasteiger charge is -2.32. The minimum Gasteiger partial charge on any atom is -0.475 e. The minimum absolute atomic E-state index is 0.103. The number of carbonyl (C=O) groups excluding carboxylic acids is 2. The van der Waals surface area contributed by atoms with Crippen LogP contribution in [0, 0.1) is 5.92 Å². The number of likely N-dealkylation sites (tertiary alicyclic amines) is 1. The summed E-state index contributed by atoms with van der Waals surface area (Å²) in [7, 11) is 0. The largest absolute Gasteiger partial charge is 0.475 e. The molecule has 0 bridgehead atoms. The number of carboxylic acids is 1. The molecule has 3 rings (SSSR count). The summed E-state index contributed by atoms with van der Waals surface area (Å²) in [5.41, 5.74) is 1.03. The number of nitrogens with one attached hydrogen (secondary N) is 1. The highest BCUT2D eigenvalue weighted by Gasteiger charge is 2.28. The third kappa shape index (κ3) is 3.87. The molecular formula is C19H22N2O5. The fraction of sp³-hybridized carbons (Fsp3) is 0.421. The summed E-state index contributed by atoms with van der Waals surface area (Å²) >= 11 is 0. The van der Waals surface area contributed by atoms with Gasteiger partial charge in [0.2, 0.25) is 17.6 Å². The second kappa shape index (κ2) is 7.59. The van der Waals surface area contributed by atoms with Crippen molar-refractivity contribution in [3.63, 3.8) is 0 Å². The van der Waals surface area contributed by atoms with E-state index in [1.807, 2.05) is 6.92 Å². The number of benzene rings is 1. The van der Waals surface area contributed by atoms with E-state index < -0.39 is 5.97 Å². The topological polar surface area (TPSA) is 99.9 Å². The lowest BCUT2D eigenvalue weighted by Crippen LogP contribution is -2.43. The highest BCUT2D eigenvalue weighted by atomic mass is 16.4. The van der Waals surface area contributed by atoms with Gasteiger partial charge in [0.15, 0.2) is 0 Å². The molecule has 1 atom stereocenters. The number of furan rings is 1. The Balaban J connectivity index is 1.68. The van der Waals surface area contributed by atoms with Crippen LogP contribution in [0.1, 0.15) is 43.2 Å². The number of fused-ring (bicyclic) bond motifs is 1. The van der Waals surface area contributed by atoms with Crippen LogP contribution in [0.2, 0.25) is 0 Å². The molecule has 7 heteroatoms. The van der Waals surface area contributed by atoms with Gasteiger partial charge in [0.25, 0.3) is 0 Å². The van der Waals surface area contributed by atoms with Crippen LogP contribution in [0.4, 0.5) is 5.69 Å². The molecule has 1 aliphatic rings. The zero-order chi connectivity index (χ0) is 18.7. The molecule has 2 N–H and O–H groups in total. The van der Waals surface area contributed by atoms with E-state index in [1.165, 1.54) is 6.07 Å². The number of carboxylic acid groups (broad SMARTS) is 1. The SMILES string of the molecule is CCCC(=O)N1CCCC(C(=O)Nc2ccc3oc(C(=O)O)cc3c2)C1. The van der Waals surface area contributed by atoms with Gasteiger partial charge < -0.3 is 19.7 Å². The number of nitrogens with zero attached hydrogens (tertiary/aromatic N) is 1. The van der Waals surface area contributed by atoms with E-state index in [-0.39, 0.29) is 23.5 Å². The molecule has 1 aromatic carbocycles. The predicted molar refractivity (Wildman–Crippen MR) is 96.0 cm³/mol. The first-order valence-corrected chi connectivity index (χ1v) is 8.83. The fourth-order valence-corrected chi connectivity index (χ4v) is 3.26. The van der Waals surface area contributed by atoms with E-state index >= 15 is 0 Å². The Morgan fingerprint density at radius 2 is 2.12 bits per heavy atom. The van der Waals surface area contributed by atoms with Crippen LogP contribution in [0.15, 0.2) is 28.7 Å². The summed E-state index contributed by atoms with van der Waals surface area (Å²) in [5, 5.41) is 12.5. The highest BCUT2D eigenvalue weighted by Crippen LogP contribution is 2.25. The van der Waals surface area contributed by atoms with Crippen molar-refractivity contribution < 1.29 is 23.9 Å². The number of carbonyl (C=O) groups is 3. The van der Waals surface area contributed by atoms with Gasteiger partial charge >= 0.3 is 5.97 Å². The molecule has 2 aromatic rings. The van der Waals surface area contributed by atoms with Crippen LogP contribution >= 0.6 is 0 Å². The Labute approximate surface area is 151 Å². The molecule has 0 aliphatic carbocycles. The van der Waals surface area contributed by atoms with Crippen LogP contribution in [-0.2, 0) is 9.59 Å². The van der Waals surface area contributed by atoms with Gasteiger partial charge in [-0.1, -0.05) is 6.92 Å². The lowest BCUT2D eigenvalue weighted by atomic mass is 9.96. The molecule has 1 saturated heterocycles. The molecule has 138 valence electrons. The summed E-state index contributed by atoms with van der Waals surface area (Å²) in [6, 6.07) is 6.43. The molecule has 0 radical (unpaired) electrons. The first kappa shape index (κ1) is 18.0. The van der Waals surface area contributed by atoms with Crippen molar-refractivity contribution in [3.05, 3.63) is 30.0 Å². The molecule has 1 fully saturated rings. The maximum absolute atomic E-state index is 12.6. The van der Waals surface area contributed by atoms with Crippen molar-refractivity contribution in [1.29, 1.82) is 0 Å². The van der Waals surface area contributed by atoms with E-state index in [9.17, 15) is 14.4 Å². The number of hydrogen-bond donors (Lipinski definition) is 2. The molecule has 7 nitrogen and oxygen atoms in total. The molecule has 26 heavy (non-hydrogen) atoms. The summed E-state index contributed by atoms with van der Waals surface area (Å²) in [6.45, 7) is 3.12. The summed E-state index contributed by atoms with van der Waals surface area (Å²) in [4.78, 5) is 37.4. The normalized spacial score (nSPS) is 17.3. The third-order valence-electron chi connectivity index (χ3n) is 4.60. The zero-order valence-electron chi connectivity index (χ0n) is 14.7. The molecule has 0 spiro atoms. The summed E-state index contributed by atoms with van der Waals surface area (Å²) in [6.07, 6.45) is 2.88. The molecular weight excluding hydrogens is 336 g/mol. The number of anilines is 1. The number of piperidine rings is 1. The van der Waals surface area contributed by atoms with E-state index in [0.717, 1.165) is 19.3 Å². The Hall–Kier alpha value is -2.83. The number of hydrogen-bond acceptors (Lipinski definition) is 4. The van der Waals surface area contributed by atoms with Crippen molar-refractivity contribution in [2.24, 2.45) is 5.92 Å². The number of amides is 2. The van der Waals surface area contributed by atoms with Crippen molar-refractivity contribution in [2.75, 3.05) is 18.4 Å². The van der Waals surface area contributed by atoms with Gasteiger partial charge in [-0.3, -0.25) is 9.59 Å². The molecule has 0 saturated carbocycles. The van der Waals surface area contributed by atoms with Gasteiger partial charge in [0.1, 0.15) is 5.58 Å². The highest BCUT2D eigenvalue weighted by molar-refractivity contribution is 5.97. The van der Waals surface area contributed by atoms with Crippen LogP contribution in [0.3, 0.4) is 0 Å². The third-order valence-corrected chi connectivity index (χ3v) is 4.60. The van der Waals surface area contributed by atoms with E-state index in [0.29, 0.717) is 36.2 Å². The maximum Gasteiger partial charge on any atom is 0.371 e. The smallest absolute Gasteiger partial charge is 0.371 e. The van der Waals surface area contributed by atoms with Crippen LogP contribution < -0.4 is 5.32 Å². The second-order valence-corrected chi connectivity index (χ2v) is 6.59. The van der Waals surface area contributed by atoms with Crippen LogP contribution in [0.25, 0.3) is 11.0 Å². The minimum atomic E-state index is -1.13. The molecule has 2 heterocycles. The quantitative estimate of drug-likeness (QED) is 0.855. The molecule has 1 aliphatic heterocycles. The molecule has 1 aromatic heterocycles.